The predicted molar refractivity (Wildman–Crippen MR) is 237 cm³/mol. The normalized spacial score (nSPS) is 22.4. The van der Waals surface area contributed by atoms with Gasteiger partial charge in [-0.1, -0.05) is 146 Å². The van der Waals surface area contributed by atoms with Crippen molar-refractivity contribution in [1.29, 1.82) is 0 Å². The Morgan fingerprint density at radius 1 is 0.544 bits per heavy atom. The van der Waals surface area contributed by atoms with Gasteiger partial charge in [-0.3, -0.25) is 4.99 Å². The van der Waals surface area contributed by atoms with Gasteiger partial charge in [0, 0.05) is 38.5 Å². The molecule has 0 bridgehead atoms. The van der Waals surface area contributed by atoms with E-state index in [9.17, 15) is 0 Å². The second-order valence-electron chi connectivity index (χ2n) is 16.0. The summed E-state index contributed by atoms with van der Waals surface area (Å²) in [6.45, 7) is 0. The molecule has 3 aromatic heterocycles. The molecule has 4 heteroatoms. The zero-order valence-corrected chi connectivity index (χ0v) is 32.3. The molecule has 57 heavy (non-hydrogen) atoms. The Hall–Kier alpha value is -6.23. The van der Waals surface area contributed by atoms with Gasteiger partial charge in [0.25, 0.3) is 0 Å². The number of hydrogen-bond acceptors (Lipinski definition) is 4. The number of aryl methyl sites for hydroxylation is 3. The maximum absolute atomic E-state index is 5.45. The molecule has 3 aromatic carbocycles. The SMILES string of the molecule is C1=CC2N=C(c3ccc(C4=CC5C=C(c6ccc7c(n6)-c6nc(-c8ccccc8)ccc6CC7)C=CC5C=C4)cc3)C3=C(c4sc5ccccc5c4CC3)C2C=C1. The van der Waals surface area contributed by atoms with Crippen LogP contribution in [-0.4, -0.2) is 21.7 Å². The summed E-state index contributed by atoms with van der Waals surface area (Å²) in [7, 11) is 0. The van der Waals surface area contributed by atoms with E-state index in [1.807, 2.05) is 11.3 Å². The molecule has 0 amide bonds. The number of thiophene rings is 1. The number of nitrogens with zero attached hydrogens (tertiary/aromatic N) is 3. The van der Waals surface area contributed by atoms with Gasteiger partial charge in [0.05, 0.1) is 34.5 Å². The van der Waals surface area contributed by atoms with E-state index < -0.39 is 0 Å². The number of dihydropyridines is 1. The molecule has 272 valence electrons. The standard InChI is InChI=1S/C53H39N3S/c1-2-8-34(9-3-1)45-28-24-36-20-21-37-25-29-46(55-52(37)51(36)54-45)39-23-17-33-16-22-38(30-40(33)31-39)32-14-18-35(19-15-32)50-44-27-26-42-41-10-5-7-13-48(41)57-53(42)49(44)43-11-4-6-12-47(43)56-50/h1-19,22-25,28-31,33,40,43,47H,20-21,26-27H2. The van der Waals surface area contributed by atoms with E-state index >= 15 is 0 Å². The van der Waals surface area contributed by atoms with Gasteiger partial charge in [0.15, 0.2) is 0 Å². The summed E-state index contributed by atoms with van der Waals surface area (Å²) in [4.78, 5) is 17.4. The maximum Gasteiger partial charge on any atom is 0.0928 e. The molecule has 3 nitrogen and oxygen atoms in total. The molecule has 0 fully saturated rings. The number of fused-ring (bicyclic) bond motifs is 10. The van der Waals surface area contributed by atoms with Crippen LogP contribution in [0.2, 0.25) is 0 Å². The molecule has 6 aromatic rings. The third-order valence-electron chi connectivity index (χ3n) is 12.8. The summed E-state index contributed by atoms with van der Waals surface area (Å²) >= 11 is 1.97. The molecule has 0 N–H and O–H groups in total. The van der Waals surface area contributed by atoms with Crippen molar-refractivity contribution in [2.24, 2.45) is 22.7 Å². The quantitative estimate of drug-likeness (QED) is 0.180. The number of aliphatic imine (C=N–C) groups is 1. The van der Waals surface area contributed by atoms with Crippen LogP contribution in [0.3, 0.4) is 0 Å². The van der Waals surface area contributed by atoms with Gasteiger partial charge >= 0.3 is 0 Å². The summed E-state index contributed by atoms with van der Waals surface area (Å²) in [5.41, 5.74) is 18.3. The highest BCUT2D eigenvalue weighted by Gasteiger charge is 2.37. The Labute approximate surface area is 337 Å². The van der Waals surface area contributed by atoms with Crippen LogP contribution in [0.25, 0.3) is 49.5 Å². The molecule has 5 aliphatic carbocycles. The number of hydrogen-bond donors (Lipinski definition) is 0. The lowest BCUT2D eigenvalue weighted by molar-refractivity contribution is 0.665. The van der Waals surface area contributed by atoms with Crippen molar-refractivity contribution in [2.75, 3.05) is 0 Å². The van der Waals surface area contributed by atoms with Crippen LogP contribution < -0.4 is 0 Å². The highest BCUT2D eigenvalue weighted by molar-refractivity contribution is 7.20. The van der Waals surface area contributed by atoms with Crippen molar-refractivity contribution >= 4 is 43.9 Å². The fraction of sp³-hybridized carbons (Fsp3) is 0.151. The fourth-order valence-corrected chi connectivity index (χ4v) is 11.2. The van der Waals surface area contributed by atoms with E-state index in [2.05, 4.69) is 164 Å². The summed E-state index contributed by atoms with van der Waals surface area (Å²) < 4.78 is 1.39. The molecule has 0 radical (unpaired) electrons. The Morgan fingerprint density at radius 2 is 1.25 bits per heavy atom. The van der Waals surface area contributed by atoms with Crippen molar-refractivity contribution in [3.05, 3.63) is 208 Å². The molecule has 6 aliphatic rings. The van der Waals surface area contributed by atoms with E-state index in [1.54, 1.807) is 0 Å². The fourth-order valence-electron chi connectivity index (χ4n) is 9.87. The predicted octanol–water partition coefficient (Wildman–Crippen LogP) is 12.3. The number of rotatable bonds is 4. The second-order valence-corrected chi connectivity index (χ2v) is 17.1. The Kier molecular flexibility index (Phi) is 7.62. The molecule has 1 aliphatic heterocycles. The van der Waals surface area contributed by atoms with Gasteiger partial charge in [0.2, 0.25) is 0 Å². The van der Waals surface area contributed by atoms with Crippen LogP contribution in [0, 0.1) is 17.8 Å². The third kappa shape index (κ3) is 5.49. The average molecular weight is 750 g/mol. The zero-order chi connectivity index (χ0) is 37.5. The van der Waals surface area contributed by atoms with E-state index in [-0.39, 0.29) is 12.0 Å². The topological polar surface area (TPSA) is 38.1 Å². The van der Waals surface area contributed by atoms with Crippen LogP contribution >= 0.6 is 11.3 Å². The smallest absolute Gasteiger partial charge is 0.0928 e. The van der Waals surface area contributed by atoms with Gasteiger partial charge in [-0.15, -0.1) is 11.3 Å². The Balaban J connectivity index is 0.848. The van der Waals surface area contributed by atoms with Gasteiger partial charge in [-0.2, -0.15) is 0 Å². The number of allylic oxidation sites excluding steroid dienone is 11. The van der Waals surface area contributed by atoms with Crippen molar-refractivity contribution in [3.8, 4) is 22.6 Å². The van der Waals surface area contributed by atoms with Crippen molar-refractivity contribution in [2.45, 2.75) is 31.7 Å². The molecule has 12 rings (SSSR count). The van der Waals surface area contributed by atoms with Gasteiger partial charge < -0.3 is 0 Å². The minimum atomic E-state index is 0.128. The lowest BCUT2D eigenvalue weighted by Crippen LogP contribution is -2.29. The third-order valence-corrected chi connectivity index (χ3v) is 14.0. The van der Waals surface area contributed by atoms with Crippen LogP contribution in [-0.2, 0) is 19.3 Å². The van der Waals surface area contributed by atoms with E-state index in [1.165, 1.54) is 70.8 Å². The first-order valence-electron chi connectivity index (χ1n) is 20.4. The van der Waals surface area contributed by atoms with E-state index in [4.69, 9.17) is 15.0 Å². The Bertz CT molecular complexity index is 2910. The first-order valence-corrected chi connectivity index (χ1v) is 21.2. The minimum Gasteiger partial charge on any atom is -0.276 e. The molecule has 4 atom stereocenters. The largest absolute Gasteiger partial charge is 0.276 e. The van der Waals surface area contributed by atoms with Crippen LogP contribution in [0.1, 0.15) is 44.8 Å². The van der Waals surface area contributed by atoms with Crippen LogP contribution in [0.4, 0.5) is 0 Å². The maximum atomic E-state index is 5.45. The minimum absolute atomic E-state index is 0.128. The van der Waals surface area contributed by atoms with Gasteiger partial charge in [-0.25, -0.2) is 9.97 Å². The molecule has 4 heterocycles. The molecule has 0 saturated heterocycles. The lowest BCUT2D eigenvalue weighted by atomic mass is 9.74. The number of pyridine rings is 2. The van der Waals surface area contributed by atoms with Crippen molar-refractivity contribution < 1.29 is 0 Å². The molecular weight excluding hydrogens is 711 g/mol. The summed E-state index contributed by atoms with van der Waals surface area (Å²) in [5.74, 6) is 0.890. The average Bonchev–Trinajstić information content (AvgIpc) is 3.67. The molecule has 4 unspecified atom stereocenters. The lowest BCUT2D eigenvalue weighted by Gasteiger charge is -2.35. The molecule has 0 saturated carbocycles. The van der Waals surface area contributed by atoms with Crippen molar-refractivity contribution in [3.63, 3.8) is 0 Å². The summed E-state index contributed by atoms with van der Waals surface area (Å²) in [6, 6.07) is 37.6. The first kappa shape index (κ1) is 33.0. The first-order chi connectivity index (χ1) is 28.2. The van der Waals surface area contributed by atoms with E-state index in [0.717, 1.165) is 54.0 Å². The monoisotopic (exact) mass is 749 g/mol. The highest BCUT2D eigenvalue weighted by atomic mass is 32.1. The zero-order valence-electron chi connectivity index (χ0n) is 31.5. The van der Waals surface area contributed by atoms with Crippen LogP contribution in [0.15, 0.2) is 174 Å². The summed E-state index contributed by atoms with van der Waals surface area (Å²) in [5, 5.41) is 1.43. The second kappa shape index (κ2) is 13.2. The summed E-state index contributed by atoms with van der Waals surface area (Å²) in [6.07, 6.45) is 27.2. The molecule has 0 spiro atoms. The van der Waals surface area contributed by atoms with Crippen LogP contribution in [0.5, 0.6) is 0 Å². The van der Waals surface area contributed by atoms with E-state index in [0.29, 0.717) is 11.8 Å². The van der Waals surface area contributed by atoms with Gasteiger partial charge in [-0.05, 0) is 93.8 Å². The van der Waals surface area contributed by atoms with Crippen molar-refractivity contribution in [1.82, 2.24) is 9.97 Å². The molecular formula is C53H39N3S. The number of benzene rings is 3. The number of aromatic nitrogens is 2. The van der Waals surface area contributed by atoms with Gasteiger partial charge in [0.1, 0.15) is 0 Å². The highest BCUT2D eigenvalue weighted by Crippen LogP contribution is 2.49. The Morgan fingerprint density at radius 3 is 2.09 bits per heavy atom.